The molecule has 168 valence electrons. The van der Waals surface area contributed by atoms with Crippen LogP contribution < -0.4 is 10.6 Å². The maximum atomic E-state index is 12.5. The van der Waals surface area contributed by atoms with Gasteiger partial charge in [0, 0.05) is 24.4 Å². The van der Waals surface area contributed by atoms with Crippen molar-refractivity contribution in [2.45, 2.75) is 20.0 Å². The second kappa shape index (κ2) is 9.88. The molecule has 0 aliphatic heterocycles. The first-order valence-corrected chi connectivity index (χ1v) is 9.87. The van der Waals surface area contributed by atoms with Crippen LogP contribution in [0.15, 0.2) is 42.9 Å². The van der Waals surface area contributed by atoms with Crippen LogP contribution in [-0.2, 0) is 16.6 Å². The molecule has 32 heavy (non-hydrogen) atoms. The smallest absolute Gasteiger partial charge is 0.419 e. The van der Waals surface area contributed by atoms with Crippen molar-refractivity contribution in [1.29, 1.82) is 0 Å². The molecule has 0 spiro atoms. The number of imidazole rings is 1. The van der Waals surface area contributed by atoms with E-state index in [2.05, 4.69) is 20.7 Å². The van der Waals surface area contributed by atoms with Crippen LogP contribution in [0.1, 0.15) is 23.1 Å². The van der Waals surface area contributed by atoms with Gasteiger partial charge in [-0.25, -0.2) is 14.3 Å². The van der Waals surface area contributed by atoms with Gasteiger partial charge in [-0.1, -0.05) is 12.1 Å². The van der Waals surface area contributed by atoms with Gasteiger partial charge in [0.1, 0.15) is 11.9 Å². The van der Waals surface area contributed by atoms with Gasteiger partial charge in [0.05, 0.1) is 25.5 Å². The Labute approximate surface area is 184 Å². The van der Waals surface area contributed by atoms with Crippen LogP contribution in [-0.4, -0.2) is 61.6 Å². The van der Waals surface area contributed by atoms with E-state index in [1.807, 2.05) is 12.3 Å². The fourth-order valence-electron chi connectivity index (χ4n) is 2.91. The molecule has 2 heterocycles. The highest BCUT2D eigenvalue weighted by molar-refractivity contribution is 5.97. The average Bonchev–Trinajstić information content (AvgIpc) is 3.37. The predicted octanol–water partition coefficient (Wildman–Crippen LogP) is 1.33. The SMILES string of the molecule is CCOC(=O)n1cc(NC(=O)[C@@H](O)CNC(=O)c2cccc(-c3cnn(C)c3)c2)nc1C. The van der Waals surface area contributed by atoms with Crippen molar-refractivity contribution >= 4 is 23.7 Å². The number of anilines is 1. The van der Waals surface area contributed by atoms with Crippen molar-refractivity contribution < 1.29 is 24.2 Å². The van der Waals surface area contributed by atoms with Gasteiger partial charge in [-0.05, 0) is 31.5 Å². The van der Waals surface area contributed by atoms with E-state index in [1.165, 1.54) is 6.20 Å². The van der Waals surface area contributed by atoms with Crippen LogP contribution in [0.25, 0.3) is 11.1 Å². The van der Waals surface area contributed by atoms with Gasteiger partial charge in [-0.3, -0.25) is 14.3 Å². The maximum Gasteiger partial charge on any atom is 0.419 e. The van der Waals surface area contributed by atoms with E-state index in [0.717, 1.165) is 15.7 Å². The molecule has 0 aliphatic carbocycles. The summed E-state index contributed by atoms with van der Waals surface area (Å²) >= 11 is 0. The first-order chi connectivity index (χ1) is 15.3. The minimum Gasteiger partial charge on any atom is -0.449 e. The summed E-state index contributed by atoms with van der Waals surface area (Å²) in [5, 5.41) is 19.2. The summed E-state index contributed by atoms with van der Waals surface area (Å²) in [7, 11) is 1.80. The lowest BCUT2D eigenvalue weighted by atomic mass is 10.1. The lowest BCUT2D eigenvalue weighted by Crippen LogP contribution is -2.39. The molecule has 11 heteroatoms. The van der Waals surface area contributed by atoms with Crippen LogP contribution in [0.4, 0.5) is 10.6 Å². The molecule has 0 aliphatic rings. The molecule has 0 radical (unpaired) electrons. The molecule has 0 saturated carbocycles. The van der Waals surface area contributed by atoms with E-state index >= 15 is 0 Å². The van der Waals surface area contributed by atoms with Crippen LogP contribution in [0.5, 0.6) is 0 Å². The number of ether oxygens (including phenoxy) is 1. The zero-order valence-electron chi connectivity index (χ0n) is 17.9. The normalized spacial score (nSPS) is 11.6. The Hall–Kier alpha value is -3.99. The number of amides is 2. The molecule has 0 bridgehead atoms. The molecule has 1 atom stereocenters. The number of nitrogens with one attached hydrogen (secondary N) is 2. The molecule has 3 N–H and O–H groups in total. The highest BCUT2D eigenvalue weighted by Gasteiger charge is 2.20. The monoisotopic (exact) mass is 440 g/mol. The van der Waals surface area contributed by atoms with Crippen molar-refractivity contribution in [2.75, 3.05) is 18.5 Å². The fraction of sp³-hybridized carbons (Fsp3) is 0.286. The number of hydrogen-bond acceptors (Lipinski definition) is 7. The molecule has 2 aromatic heterocycles. The van der Waals surface area contributed by atoms with Gasteiger partial charge >= 0.3 is 6.09 Å². The molecule has 0 fully saturated rings. The first kappa shape index (κ1) is 22.7. The fourth-order valence-corrected chi connectivity index (χ4v) is 2.91. The number of carbonyl (C=O) groups is 3. The van der Waals surface area contributed by atoms with Gasteiger partial charge in [-0.2, -0.15) is 5.10 Å². The Bertz CT molecular complexity index is 1140. The van der Waals surface area contributed by atoms with Crippen LogP contribution in [0.3, 0.4) is 0 Å². The zero-order chi connectivity index (χ0) is 23.3. The van der Waals surface area contributed by atoms with Gasteiger partial charge in [0.15, 0.2) is 5.82 Å². The third-order valence-electron chi connectivity index (χ3n) is 4.52. The molecule has 1 aromatic carbocycles. The molecular formula is C21H24N6O5. The topological polar surface area (TPSA) is 140 Å². The quantitative estimate of drug-likeness (QED) is 0.503. The van der Waals surface area contributed by atoms with Gasteiger partial charge in [0.2, 0.25) is 0 Å². The molecular weight excluding hydrogens is 416 g/mol. The van der Waals surface area contributed by atoms with E-state index < -0.39 is 24.0 Å². The summed E-state index contributed by atoms with van der Waals surface area (Å²) in [6.45, 7) is 3.14. The standard InChI is InChI=1S/C21H24N6O5/c1-4-32-21(31)27-12-18(24-13(27)2)25-20(30)17(28)10-22-19(29)15-7-5-6-14(8-15)16-9-23-26(3)11-16/h5-9,11-12,17,28H,4,10H2,1-3H3,(H,22,29)(H,25,30)/t17-/m0/s1. The average molecular weight is 440 g/mol. The van der Waals surface area contributed by atoms with Crippen molar-refractivity contribution in [1.82, 2.24) is 24.6 Å². The lowest BCUT2D eigenvalue weighted by molar-refractivity contribution is -0.123. The summed E-state index contributed by atoms with van der Waals surface area (Å²) in [5.41, 5.74) is 2.05. The highest BCUT2D eigenvalue weighted by atomic mass is 16.5. The van der Waals surface area contributed by atoms with Gasteiger partial charge < -0.3 is 20.5 Å². The maximum absolute atomic E-state index is 12.5. The third kappa shape index (κ3) is 5.38. The molecule has 3 rings (SSSR count). The van der Waals surface area contributed by atoms with E-state index in [4.69, 9.17) is 4.74 Å². The summed E-state index contributed by atoms with van der Waals surface area (Å²) in [4.78, 5) is 40.6. The minimum absolute atomic E-state index is 0.0788. The Morgan fingerprint density at radius 2 is 2.00 bits per heavy atom. The van der Waals surface area contributed by atoms with E-state index in [1.54, 1.807) is 50.0 Å². The first-order valence-electron chi connectivity index (χ1n) is 9.87. The molecule has 11 nitrogen and oxygen atoms in total. The summed E-state index contributed by atoms with van der Waals surface area (Å²) < 4.78 is 7.69. The van der Waals surface area contributed by atoms with Crippen LogP contribution in [0, 0.1) is 6.92 Å². The number of nitrogens with zero attached hydrogens (tertiary/aromatic N) is 4. The van der Waals surface area contributed by atoms with Crippen LogP contribution >= 0.6 is 0 Å². The Balaban J connectivity index is 1.57. The molecule has 2 amide bonds. The predicted molar refractivity (Wildman–Crippen MR) is 115 cm³/mol. The number of aromatic nitrogens is 4. The third-order valence-corrected chi connectivity index (χ3v) is 4.52. The Kier molecular flexibility index (Phi) is 7.00. The largest absolute Gasteiger partial charge is 0.449 e. The Morgan fingerprint density at radius 1 is 1.22 bits per heavy atom. The Morgan fingerprint density at radius 3 is 2.69 bits per heavy atom. The van der Waals surface area contributed by atoms with Gasteiger partial charge in [0.25, 0.3) is 11.8 Å². The van der Waals surface area contributed by atoms with Gasteiger partial charge in [-0.15, -0.1) is 0 Å². The van der Waals surface area contributed by atoms with E-state index in [0.29, 0.717) is 11.4 Å². The number of hydrogen-bond donors (Lipinski definition) is 3. The summed E-state index contributed by atoms with van der Waals surface area (Å²) in [5.74, 6) is -0.821. The number of rotatable bonds is 7. The second-order valence-electron chi connectivity index (χ2n) is 6.94. The number of aryl methyl sites for hydroxylation is 2. The number of aliphatic hydroxyl groups is 1. The van der Waals surface area contributed by atoms with E-state index in [-0.39, 0.29) is 19.0 Å². The van der Waals surface area contributed by atoms with Crippen molar-refractivity contribution in [3.05, 3.63) is 54.2 Å². The van der Waals surface area contributed by atoms with Crippen molar-refractivity contribution in [3.8, 4) is 11.1 Å². The van der Waals surface area contributed by atoms with E-state index in [9.17, 15) is 19.5 Å². The van der Waals surface area contributed by atoms with Crippen molar-refractivity contribution in [2.24, 2.45) is 7.05 Å². The number of aliphatic hydroxyl groups excluding tert-OH is 1. The van der Waals surface area contributed by atoms with Crippen molar-refractivity contribution in [3.63, 3.8) is 0 Å². The second-order valence-corrected chi connectivity index (χ2v) is 6.94. The molecule has 0 unspecified atom stereocenters. The summed E-state index contributed by atoms with van der Waals surface area (Å²) in [6, 6.07) is 6.92. The van der Waals surface area contributed by atoms with Crippen LogP contribution in [0.2, 0.25) is 0 Å². The number of benzene rings is 1. The highest BCUT2D eigenvalue weighted by Crippen LogP contribution is 2.19. The summed E-state index contributed by atoms with van der Waals surface area (Å²) in [6.07, 6.45) is 2.67. The number of carbonyl (C=O) groups excluding carboxylic acids is 3. The lowest BCUT2D eigenvalue weighted by Gasteiger charge is -2.11. The molecule has 0 saturated heterocycles. The minimum atomic E-state index is -1.52. The zero-order valence-corrected chi connectivity index (χ0v) is 17.9. The molecule has 3 aromatic rings.